The van der Waals surface area contributed by atoms with Crippen LogP contribution in [0.25, 0.3) is 0 Å². The van der Waals surface area contributed by atoms with Gasteiger partial charge in [0.1, 0.15) is 17.9 Å². The van der Waals surface area contributed by atoms with Crippen LogP contribution in [0, 0.1) is 6.92 Å². The Morgan fingerprint density at radius 1 is 1.24 bits per heavy atom. The summed E-state index contributed by atoms with van der Waals surface area (Å²) in [6.07, 6.45) is 5.97. The van der Waals surface area contributed by atoms with Crippen molar-refractivity contribution in [1.29, 1.82) is 0 Å². The Kier molecular flexibility index (Phi) is 6.88. The van der Waals surface area contributed by atoms with E-state index in [2.05, 4.69) is 28.1 Å². The van der Waals surface area contributed by atoms with Gasteiger partial charge in [0.05, 0.1) is 12.8 Å². The van der Waals surface area contributed by atoms with E-state index in [0.717, 1.165) is 24.3 Å². The van der Waals surface area contributed by atoms with Crippen LogP contribution in [0.4, 0.5) is 0 Å². The molecule has 3 aromatic rings. The number of hydrogen-bond acceptors (Lipinski definition) is 7. The van der Waals surface area contributed by atoms with Crippen LogP contribution in [-0.4, -0.2) is 50.4 Å². The van der Waals surface area contributed by atoms with E-state index in [1.54, 1.807) is 17.0 Å². The Balaban J connectivity index is 1.60. The molecule has 0 bridgehead atoms. The number of rotatable bonds is 7. The summed E-state index contributed by atoms with van der Waals surface area (Å²) in [5.41, 5.74) is 3.81. The van der Waals surface area contributed by atoms with Gasteiger partial charge in [0.15, 0.2) is 0 Å². The van der Waals surface area contributed by atoms with Crippen LogP contribution >= 0.6 is 0 Å². The smallest absolute Gasteiger partial charge is 0.343 e. The van der Waals surface area contributed by atoms with Crippen molar-refractivity contribution in [3.8, 4) is 5.75 Å². The number of esters is 1. The fraction of sp³-hybridized carbons (Fsp3) is 0.417. The van der Waals surface area contributed by atoms with Gasteiger partial charge in [0, 0.05) is 80.6 Å². The first-order chi connectivity index (χ1) is 16.0. The minimum Gasteiger partial charge on any atom is -0.488 e. The van der Waals surface area contributed by atoms with Crippen molar-refractivity contribution < 1.29 is 14.3 Å². The van der Waals surface area contributed by atoms with Crippen LogP contribution in [0.2, 0.25) is 0 Å². The molecule has 4 heterocycles. The number of carbonyl (C=O) groups excluding carboxylic acids is 1. The first-order valence-electron chi connectivity index (χ1n) is 11.1. The highest BCUT2D eigenvalue weighted by Gasteiger charge is 2.26. The Morgan fingerprint density at radius 2 is 2.09 bits per heavy atom. The van der Waals surface area contributed by atoms with Crippen molar-refractivity contribution >= 4 is 5.97 Å². The predicted octanol–water partition coefficient (Wildman–Crippen LogP) is 2.19. The molecule has 9 heteroatoms. The van der Waals surface area contributed by atoms with E-state index >= 15 is 0 Å². The second-order valence-electron chi connectivity index (χ2n) is 8.08. The van der Waals surface area contributed by atoms with E-state index in [-0.39, 0.29) is 17.9 Å². The normalized spacial score (nSPS) is 13.9. The molecule has 33 heavy (non-hydrogen) atoms. The standard InChI is InChI=1S/C24H29N5O4/c1-4-28-15-19(17(2)26-28)14-27-9-7-20-23(24(31)32-3)21(12-22(30)29(20)11-10-27)33-16-18-6-5-8-25-13-18/h5-6,8,12-13,15H,4,7,9-11,14,16H2,1-3H3. The summed E-state index contributed by atoms with van der Waals surface area (Å²) >= 11 is 0. The molecule has 0 aliphatic carbocycles. The van der Waals surface area contributed by atoms with Crippen molar-refractivity contribution in [3.63, 3.8) is 0 Å². The highest BCUT2D eigenvalue weighted by Crippen LogP contribution is 2.25. The van der Waals surface area contributed by atoms with Crippen LogP contribution in [0.15, 0.2) is 41.6 Å². The number of pyridine rings is 2. The third kappa shape index (κ3) is 4.98. The van der Waals surface area contributed by atoms with Crippen molar-refractivity contribution in [2.24, 2.45) is 0 Å². The van der Waals surface area contributed by atoms with Crippen LogP contribution in [0.5, 0.6) is 5.75 Å². The molecular weight excluding hydrogens is 422 g/mol. The van der Waals surface area contributed by atoms with Crippen LogP contribution in [0.1, 0.15) is 39.8 Å². The lowest BCUT2D eigenvalue weighted by Crippen LogP contribution is -2.29. The fourth-order valence-electron chi connectivity index (χ4n) is 4.15. The topological polar surface area (TPSA) is 91.5 Å². The third-order valence-corrected chi connectivity index (χ3v) is 5.96. The largest absolute Gasteiger partial charge is 0.488 e. The molecule has 0 N–H and O–H groups in total. The summed E-state index contributed by atoms with van der Waals surface area (Å²) in [6.45, 7) is 7.73. The molecule has 0 spiro atoms. The summed E-state index contributed by atoms with van der Waals surface area (Å²) in [7, 11) is 1.34. The number of aromatic nitrogens is 4. The number of ether oxygens (including phenoxy) is 2. The van der Waals surface area contributed by atoms with Crippen LogP contribution < -0.4 is 10.3 Å². The summed E-state index contributed by atoms with van der Waals surface area (Å²) < 4.78 is 14.6. The molecule has 9 nitrogen and oxygen atoms in total. The molecule has 0 aromatic carbocycles. The molecule has 3 aromatic heterocycles. The second-order valence-corrected chi connectivity index (χ2v) is 8.08. The zero-order chi connectivity index (χ0) is 23.4. The lowest BCUT2D eigenvalue weighted by Gasteiger charge is -2.18. The second kappa shape index (κ2) is 9.99. The summed E-state index contributed by atoms with van der Waals surface area (Å²) in [5.74, 6) is -0.260. The molecule has 0 saturated heterocycles. The van der Waals surface area contributed by atoms with Gasteiger partial charge in [0.25, 0.3) is 5.56 Å². The Hall–Kier alpha value is -3.46. The van der Waals surface area contributed by atoms with Crippen LogP contribution in [0.3, 0.4) is 0 Å². The molecule has 1 aliphatic heterocycles. The van der Waals surface area contributed by atoms with Gasteiger partial charge >= 0.3 is 5.97 Å². The predicted molar refractivity (Wildman–Crippen MR) is 122 cm³/mol. The lowest BCUT2D eigenvalue weighted by molar-refractivity contribution is 0.0592. The van der Waals surface area contributed by atoms with Gasteiger partial charge in [-0.15, -0.1) is 0 Å². The summed E-state index contributed by atoms with van der Waals surface area (Å²) in [5, 5.41) is 4.53. The van der Waals surface area contributed by atoms with E-state index in [4.69, 9.17) is 9.47 Å². The van der Waals surface area contributed by atoms with Gasteiger partial charge in [-0.25, -0.2) is 4.79 Å². The molecule has 174 valence electrons. The summed E-state index contributed by atoms with van der Waals surface area (Å²) in [4.78, 5) is 32.1. The third-order valence-electron chi connectivity index (χ3n) is 5.96. The van der Waals surface area contributed by atoms with Gasteiger partial charge in [-0.1, -0.05) is 6.07 Å². The van der Waals surface area contributed by atoms with Crippen molar-refractivity contribution in [2.75, 3.05) is 20.2 Å². The molecule has 4 rings (SSSR count). The first kappa shape index (κ1) is 22.7. The maximum Gasteiger partial charge on any atom is 0.343 e. The number of carbonyl (C=O) groups is 1. The molecule has 0 unspecified atom stereocenters. The van der Waals surface area contributed by atoms with Crippen molar-refractivity contribution in [3.05, 3.63) is 75.2 Å². The van der Waals surface area contributed by atoms with E-state index < -0.39 is 5.97 Å². The lowest BCUT2D eigenvalue weighted by atomic mass is 10.1. The average Bonchev–Trinajstić information content (AvgIpc) is 3.05. The molecule has 0 saturated carbocycles. The fourth-order valence-corrected chi connectivity index (χ4v) is 4.15. The van der Waals surface area contributed by atoms with E-state index in [0.29, 0.717) is 37.3 Å². The van der Waals surface area contributed by atoms with Crippen molar-refractivity contribution in [1.82, 2.24) is 24.2 Å². The molecule has 1 aliphatic rings. The minimum atomic E-state index is -0.506. The highest BCUT2D eigenvalue weighted by molar-refractivity contribution is 5.93. The van der Waals surface area contributed by atoms with Crippen molar-refractivity contribution in [2.45, 2.75) is 46.5 Å². The number of aryl methyl sites for hydroxylation is 2. The van der Waals surface area contributed by atoms with Gasteiger partial charge < -0.3 is 14.0 Å². The van der Waals surface area contributed by atoms with E-state index in [1.165, 1.54) is 18.7 Å². The number of fused-ring (bicyclic) bond motifs is 1. The Morgan fingerprint density at radius 3 is 2.79 bits per heavy atom. The van der Waals surface area contributed by atoms with E-state index in [9.17, 15) is 9.59 Å². The maximum atomic E-state index is 13.0. The zero-order valence-corrected chi connectivity index (χ0v) is 19.3. The van der Waals surface area contributed by atoms with Gasteiger partial charge in [0.2, 0.25) is 0 Å². The molecule has 0 fully saturated rings. The van der Waals surface area contributed by atoms with Crippen LogP contribution in [-0.2, 0) is 37.4 Å². The SMILES string of the molecule is CCn1cc(CN2CCc3c(C(=O)OC)c(OCc4cccnc4)cc(=O)n3CC2)c(C)n1. The minimum absolute atomic E-state index is 0.185. The number of methoxy groups -OCH3 is 1. The molecular formula is C24H29N5O4. The molecule has 0 amide bonds. The molecule has 0 atom stereocenters. The maximum absolute atomic E-state index is 13.0. The quantitative estimate of drug-likeness (QED) is 0.509. The van der Waals surface area contributed by atoms with E-state index in [1.807, 2.05) is 23.7 Å². The molecule has 0 radical (unpaired) electrons. The van der Waals surface area contributed by atoms with Gasteiger partial charge in [-0.05, 0) is 19.9 Å². The zero-order valence-electron chi connectivity index (χ0n) is 19.3. The monoisotopic (exact) mass is 451 g/mol. The highest BCUT2D eigenvalue weighted by atomic mass is 16.5. The van der Waals surface area contributed by atoms with Gasteiger partial charge in [-0.2, -0.15) is 5.10 Å². The Labute approximate surface area is 192 Å². The number of nitrogens with zero attached hydrogens (tertiary/aromatic N) is 5. The number of hydrogen-bond donors (Lipinski definition) is 0. The van der Waals surface area contributed by atoms with Gasteiger partial charge in [-0.3, -0.25) is 19.4 Å². The summed E-state index contributed by atoms with van der Waals surface area (Å²) in [6, 6.07) is 5.07. The average molecular weight is 452 g/mol. The first-order valence-corrected chi connectivity index (χ1v) is 11.1. The Bertz CT molecular complexity index is 1190.